The van der Waals surface area contributed by atoms with Gasteiger partial charge in [-0.1, -0.05) is 0 Å². The standard InChI is InChI=1S/C9H6Br5O2/c1-3(15)2-16-9-7(13)5(11)4(10)6(12)8(9)14/h3,15H,1-2H2. The van der Waals surface area contributed by atoms with Gasteiger partial charge < -0.3 is 9.84 Å². The average Bonchev–Trinajstić information content (AvgIpc) is 2.23. The van der Waals surface area contributed by atoms with Crippen molar-refractivity contribution in [1.82, 2.24) is 0 Å². The Morgan fingerprint density at radius 2 is 1.31 bits per heavy atom. The van der Waals surface area contributed by atoms with E-state index in [1.807, 2.05) is 0 Å². The third-order valence-electron chi connectivity index (χ3n) is 1.59. The van der Waals surface area contributed by atoms with Crippen LogP contribution in [0.5, 0.6) is 5.75 Å². The largest absolute Gasteiger partial charge is 0.488 e. The molecule has 0 amide bonds. The van der Waals surface area contributed by atoms with Crippen LogP contribution in [-0.4, -0.2) is 17.8 Å². The molecule has 1 N–H and O–H groups in total. The lowest BCUT2D eigenvalue weighted by Crippen LogP contribution is -2.13. The Kier molecular flexibility index (Phi) is 6.29. The molecule has 0 aliphatic heterocycles. The molecule has 0 spiro atoms. The Labute approximate surface area is 136 Å². The lowest BCUT2D eigenvalue weighted by molar-refractivity contribution is 0.141. The fourth-order valence-corrected chi connectivity index (χ4v) is 4.13. The molecule has 0 saturated heterocycles. The van der Waals surface area contributed by atoms with Gasteiger partial charge in [0.25, 0.3) is 0 Å². The van der Waals surface area contributed by atoms with Crippen LogP contribution >= 0.6 is 79.6 Å². The topological polar surface area (TPSA) is 29.5 Å². The van der Waals surface area contributed by atoms with Crippen LogP contribution in [0.2, 0.25) is 0 Å². The summed E-state index contributed by atoms with van der Waals surface area (Å²) in [6.07, 6.45) is -0.764. The van der Waals surface area contributed by atoms with Crippen molar-refractivity contribution in [2.24, 2.45) is 0 Å². The van der Waals surface area contributed by atoms with E-state index in [9.17, 15) is 0 Å². The molecule has 1 aromatic rings. The summed E-state index contributed by atoms with van der Waals surface area (Å²) in [7, 11) is 0. The van der Waals surface area contributed by atoms with Gasteiger partial charge in [-0.15, -0.1) is 0 Å². The molecule has 89 valence electrons. The second-order valence-electron chi connectivity index (χ2n) is 2.86. The minimum atomic E-state index is -0.764. The Morgan fingerprint density at radius 3 is 1.69 bits per heavy atom. The van der Waals surface area contributed by atoms with E-state index in [0.29, 0.717) is 5.75 Å². The summed E-state index contributed by atoms with van der Waals surface area (Å²) in [4.78, 5) is 0. The van der Waals surface area contributed by atoms with Crippen LogP contribution in [0.3, 0.4) is 0 Å². The van der Waals surface area contributed by atoms with Gasteiger partial charge in [-0.2, -0.15) is 0 Å². The van der Waals surface area contributed by atoms with E-state index in [2.05, 4.69) is 86.6 Å². The summed E-state index contributed by atoms with van der Waals surface area (Å²) in [5, 5.41) is 9.09. The molecule has 0 heterocycles. The van der Waals surface area contributed by atoms with E-state index in [1.54, 1.807) is 0 Å². The minimum Gasteiger partial charge on any atom is -0.488 e. The zero-order valence-electron chi connectivity index (χ0n) is 7.74. The molecule has 7 heteroatoms. The molecule has 0 aromatic heterocycles. The predicted molar refractivity (Wildman–Crippen MR) is 81.8 cm³/mol. The highest BCUT2D eigenvalue weighted by atomic mass is 79.9. The second kappa shape index (κ2) is 6.52. The number of ether oxygens (including phenoxy) is 1. The van der Waals surface area contributed by atoms with Crippen molar-refractivity contribution in [2.45, 2.75) is 6.10 Å². The molecule has 0 saturated carbocycles. The van der Waals surface area contributed by atoms with E-state index in [-0.39, 0.29) is 6.61 Å². The lowest BCUT2D eigenvalue weighted by Gasteiger charge is -2.15. The molecule has 1 unspecified atom stereocenters. The minimum absolute atomic E-state index is 0.123. The summed E-state index contributed by atoms with van der Waals surface area (Å²) < 4.78 is 9.51. The third-order valence-corrected chi connectivity index (χ3v) is 7.61. The zero-order chi connectivity index (χ0) is 12.5. The van der Waals surface area contributed by atoms with Crippen molar-refractivity contribution in [2.75, 3.05) is 6.61 Å². The molecule has 0 aliphatic rings. The quantitative estimate of drug-likeness (QED) is 0.425. The molecule has 0 aliphatic carbocycles. The zero-order valence-corrected chi connectivity index (χ0v) is 15.7. The van der Waals surface area contributed by atoms with Crippen LogP contribution in [0.25, 0.3) is 0 Å². The molecular formula is C9H6Br5O2. The van der Waals surface area contributed by atoms with Gasteiger partial charge in [0.2, 0.25) is 0 Å². The van der Waals surface area contributed by atoms with Crippen LogP contribution in [0.4, 0.5) is 0 Å². The molecule has 1 rings (SSSR count). The molecule has 1 radical (unpaired) electrons. The molecule has 16 heavy (non-hydrogen) atoms. The Hall–Kier alpha value is 1.38. The van der Waals surface area contributed by atoms with Gasteiger partial charge in [-0.25, -0.2) is 0 Å². The predicted octanol–water partition coefficient (Wildman–Crippen LogP) is 5.07. The molecular weight excluding hydrogens is 540 g/mol. The Bertz CT molecular complexity index is 376. The number of aliphatic hydroxyl groups is 1. The lowest BCUT2D eigenvalue weighted by atomic mass is 10.3. The van der Waals surface area contributed by atoms with Gasteiger partial charge in [0, 0.05) is 4.47 Å². The number of hydrogen-bond donors (Lipinski definition) is 1. The van der Waals surface area contributed by atoms with Gasteiger partial charge in [0.1, 0.15) is 12.4 Å². The van der Waals surface area contributed by atoms with Gasteiger partial charge in [-0.05, 0) is 86.6 Å². The van der Waals surface area contributed by atoms with Crippen molar-refractivity contribution in [3.05, 3.63) is 29.3 Å². The first-order chi connectivity index (χ1) is 7.36. The highest BCUT2D eigenvalue weighted by Gasteiger charge is 2.19. The van der Waals surface area contributed by atoms with Gasteiger partial charge in [0.15, 0.2) is 0 Å². The summed E-state index contributed by atoms with van der Waals surface area (Å²) in [6, 6.07) is 0. The molecule has 2 nitrogen and oxygen atoms in total. The van der Waals surface area contributed by atoms with E-state index < -0.39 is 6.10 Å². The number of rotatable bonds is 3. The maximum Gasteiger partial charge on any atom is 0.150 e. The third kappa shape index (κ3) is 3.45. The summed E-state index contributed by atoms with van der Waals surface area (Å²) in [5.41, 5.74) is 0. The van der Waals surface area contributed by atoms with Gasteiger partial charge in [-0.3, -0.25) is 0 Å². The Balaban J connectivity index is 3.18. The van der Waals surface area contributed by atoms with Gasteiger partial charge >= 0.3 is 0 Å². The number of hydrogen-bond acceptors (Lipinski definition) is 2. The van der Waals surface area contributed by atoms with E-state index >= 15 is 0 Å². The first kappa shape index (κ1) is 15.4. The molecule has 1 atom stereocenters. The maximum absolute atomic E-state index is 9.09. The highest BCUT2D eigenvalue weighted by Crippen LogP contribution is 2.48. The molecule has 0 bridgehead atoms. The van der Waals surface area contributed by atoms with Crippen LogP contribution in [0.1, 0.15) is 0 Å². The SMILES string of the molecule is [CH2]C(O)COc1c(Br)c(Br)c(Br)c(Br)c1Br. The van der Waals surface area contributed by atoms with Crippen molar-refractivity contribution in [1.29, 1.82) is 0 Å². The smallest absolute Gasteiger partial charge is 0.150 e. The fraction of sp³-hybridized carbons (Fsp3) is 0.222. The molecule has 0 fully saturated rings. The van der Waals surface area contributed by atoms with Crippen molar-refractivity contribution in [3.63, 3.8) is 0 Å². The van der Waals surface area contributed by atoms with Crippen molar-refractivity contribution in [3.8, 4) is 5.75 Å². The van der Waals surface area contributed by atoms with Crippen molar-refractivity contribution >= 4 is 79.6 Å². The van der Waals surface area contributed by atoms with Crippen LogP contribution < -0.4 is 4.74 Å². The average molecular weight is 546 g/mol. The van der Waals surface area contributed by atoms with E-state index in [4.69, 9.17) is 9.84 Å². The summed E-state index contributed by atoms with van der Waals surface area (Å²) >= 11 is 17.1. The first-order valence-electron chi connectivity index (χ1n) is 4.01. The number of aliphatic hydroxyl groups excluding tert-OH is 1. The Morgan fingerprint density at radius 1 is 0.938 bits per heavy atom. The van der Waals surface area contributed by atoms with Crippen LogP contribution in [0, 0.1) is 6.92 Å². The maximum atomic E-state index is 9.09. The number of halogens is 5. The van der Waals surface area contributed by atoms with Crippen LogP contribution in [-0.2, 0) is 0 Å². The summed E-state index contributed by atoms with van der Waals surface area (Å²) in [5.74, 6) is 0.602. The normalized spacial score (nSPS) is 12.7. The first-order valence-corrected chi connectivity index (χ1v) is 7.98. The van der Waals surface area contributed by atoms with Gasteiger partial charge in [0.05, 0.1) is 24.0 Å². The second-order valence-corrected chi connectivity index (χ2v) is 6.83. The van der Waals surface area contributed by atoms with Crippen molar-refractivity contribution < 1.29 is 9.84 Å². The van der Waals surface area contributed by atoms with E-state index in [1.165, 1.54) is 0 Å². The number of benzene rings is 1. The summed E-state index contributed by atoms with van der Waals surface area (Å²) in [6.45, 7) is 3.57. The monoisotopic (exact) mass is 541 g/mol. The van der Waals surface area contributed by atoms with E-state index in [0.717, 1.165) is 22.4 Å². The molecule has 1 aromatic carbocycles. The fourth-order valence-electron chi connectivity index (χ4n) is 0.891. The van der Waals surface area contributed by atoms with Crippen LogP contribution in [0.15, 0.2) is 22.4 Å². The highest BCUT2D eigenvalue weighted by molar-refractivity contribution is 9.15.